The Hall–Kier alpha value is -1.92. The van der Waals surface area contributed by atoms with Gasteiger partial charge in [-0.25, -0.2) is 4.63 Å². The lowest BCUT2D eigenvalue weighted by Gasteiger charge is -2.55. The first kappa shape index (κ1) is 11.7. The van der Waals surface area contributed by atoms with Crippen molar-refractivity contribution in [2.45, 2.75) is 43.9 Å². The topological polar surface area (TPSA) is 104 Å². The third-order valence-electron chi connectivity index (χ3n) is 5.64. The molecule has 2 heterocycles. The first-order valence-electron chi connectivity index (χ1n) is 7.64. The Morgan fingerprint density at radius 2 is 1.62 bits per heavy atom. The van der Waals surface area contributed by atoms with Crippen LogP contribution >= 0.6 is 0 Å². The van der Waals surface area contributed by atoms with Gasteiger partial charge in [0.15, 0.2) is 11.5 Å². The third-order valence-corrected chi connectivity index (χ3v) is 5.64. The average Bonchev–Trinajstić information content (AvgIpc) is 3.05. The highest BCUT2D eigenvalue weighted by atomic mass is 16.6. The zero-order valence-corrected chi connectivity index (χ0v) is 11.7. The van der Waals surface area contributed by atoms with Crippen LogP contribution in [-0.2, 0) is 5.41 Å². The monoisotopic (exact) mass is 287 g/mol. The zero-order chi connectivity index (χ0) is 14.0. The number of rotatable bonds is 2. The van der Waals surface area contributed by atoms with Gasteiger partial charge in [0.05, 0.1) is 5.41 Å². The van der Waals surface area contributed by atoms with E-state index in [2.05, 4.69) is 25.1 Å². The molecule has 4 aliphatic rings. The van der Waals surface area contributed by atoms with Gasteiger partial charge in [0, 0.05) is 0 Å². The van der Waals surface area contributed by atoms with Crippen molar-refractivity contribution >= 4 is 5.82 Å². The van der Waals surface area contributed by atoms with Crippen molar-refractivity contribution in [3.63, 3.8) is 0 Å². The Labute approximate surface area is 121 Å². The van der Waals surface area contributed by atoms with E-state index in [-0.39, 0.29) is 11.2 Å². The maximum Gasteiger partial charge on any atom is 0.233 e. The normalized spacial score (nSPS) is 37.2. The maximum atomic E-state index is 5.70. The van der Waals surface area contributed by atoms with Crippen LogP contribution in [0.3, 0.4) is 0 Å². The van der Waals surface area contributed by atoms with Crippen LogP contribution in [0.1, 0.15) is 44.4 Å². The molecular formula is C14H17N5O2. The van der Waals surface area contributed by atoms with Crippen molar-refractivity contribution in [2.75, 3.05) is 5.73 Å². The quantitative estimate of drug-likeness (QED) is 0.902. The number of nitrogens with zero attached hydrogens (tertiary/aromatic N) is 4. The molecule has 2 aromatic heterocycles. The molecule has 2 N–H and O–H groups in total. The molecule has 4 fully saturated rings. The number of hydrogen-bond donors (Lipinski definition) is 1. The lowest BCUT2D eigenvalue weighted by Crippen LogP contribution is -2.48. The molecule has 0 spiro atoms. The molecule has 4 saturated carbocycles. The molecule has 21 heavy (non-hydrogen) atoms. The average molecular weight is 287 g/mol. The van der Waals surface area contributed by atoms with E-state index in [1.165, 1.54) is 38.5 Å². The summed E-state index contributed by atoms with van der Waals surface area (Å²) in [6.45, 7) is 0. The predicted octanol–water partition coefficient (Wildman–Crippen LogP) is 2.17. The van der Waals surface area contributed by atoms with Crippen molar-refractivity contribution in [1.29, 1.82) is 0 Å². The summed E-state index contributed by atoms with van der Waals surface area (Å²) in [5.41, 5.74) is 6.16. The third kappa shape index (κ3) is 1.60. The minimum absolute atomic E-state index is 0.0892. The molecule has 6 rings (SSSR count). The van der Waals surface area contributed by atoms with Gasteiger partial charge in [0.25, 0.3) is 0 Å². The maximum absolute atomic E-state index is 5.70. The van der Waals surface area contributed by atoms with E-state index in [0.29, 0.717) is 11.5 Å². The van der Waals surface area contributed by atoms with Gasteiger partial charge in [0.2, 0.25) is 11.7 Å². The smallest absolute Gasteiger partial charge is 0.233 e. The molecule has 0 aliphatic heterocycles. The molecule has 0 radical (unpaired) electrons. The fraction of sp³-hybridized carbons (Fsp3) is 0.714. The van der Waals surface area contributed by atoms with Crippen molar-refractivity contribution < 1.29 is 9.15 Å². The van der Waals surface area contributed by atoms with E-state index in [9.17, 15) is 0 Å². The van der Waals surface area contributed by atoms with Crippen molar-refractivity contribution in [1.82, 2.24) is 20.5 Å². The van der Waals surface area contributed by atoms with E-state index in [0.717, 1.165) is 23.6 Å². The molecule has 7 heteroatoms. The molecule has 0 unspecified atom stereocenters. The van der Waals surface area contributed by atoms with E-state index in [4.69, 9.17) is 10.3 Å². The number of nitrogens with two attached hydrogens (primary N) is 1. The lowest BCUT2D eigenvalue weighted by molar-refractivity contribution is -0.0201. The largest absolute Gasteiger partial charge is 0.379 e. The van der Waals surface area contributed by atoms with Crippen LogP contribution in [0.4, 0.5) is 5.82 Å². The summed E-state index contributed by atoms with van der Waals surface area (Å²) < 4.78 is 10.2. The van der Waals surface area contributed by atoms with E-state index >= 15 is 0 Å². The fourth-order valence-corrected chi connectivity index (χ4v) is 5.26. The number of nitrogen functional groups attached to an aromatic ring is 1. The standard InChI is InChI=1S/C14H17N5O2/c15-11-10(17-21-18-11)12-16-13(20-19-12)14-4-7-1-8(5-14)3-9(2-7)6-14/h7-9H,1-6H2,(H2,15,18). The van der Waals surface area contributed by atoms with Gasteiger partial charge < -0.3 is 10.3 Å². The van der Waals surface area contributed by atoms with Gasteiger partial charge >= 0.3 is 0 Å². The summed E-state index contributed by atoms with van der Waals surface area (Å²) in [7, 11) is 0. The van der Waals surface area contributed by atoms with Crippen molar-refractivity contribution in [3.05, 3.63) is 5.89 Å². The van der Waals surface area contributed by atoms with Crippen LogP contribution in [0.25, 0.3) is 11.5 Å². The highest BCUT2D eigenvalue weighted by molar-refractivity contribution is 5.61. The Morgan fingerprint density at radius 3 is 2.19 bits per heavy atom. The predicted molar refractivity (Wildman–Crippen MR) is 71.9 cm³/mol. The van der Waals surface area contributed by atoms with Crippen LogP contribution in [0.5, 0.6) is 0 Å². The van der Waals surface area contributed by atoms with Crippen LogP contribution < -0.4 is 5.73 Å². The lowest BCUT2D eigenvalue weighted by atomic mass is 9.49. The molecule has 0 atom stereocenters. The van der Waals surface area contributed by atoms with Gasteiger partial charge in [-0.05, 0) is 66.6 Å². The number of anilines is 1. The molecular weight excluding hydrogens is 270 g/mol. The molecule has 7 nitrogen and oxygen atoms in total. The van der Waals surface area contributed by atoms with E-state index < -0.39 is 0 Å². The van der Waals surface area contributed by atoms with Crippen molar-refractivity contribution in [2.24, 2.45) is 17.8 Å². The second-order valence-electron chi connectivity index (χ2n) is 7.12. The summed E-state index contributed by atoms with van der Waals surface area (Å²) in [6.07, 6.45) is 7.73. The van der Waals surface area contributed by atoms with Gasteiger partial charge in [-0.3, -0.25) is 0 Å². The molecule has 0 aromatic carbocycles. The highest BCUT2D eigenvalue weighted by Gasteiger charge is 2.54. The minimum Gasteiger partial charge on any atom is -0.379 e. The Morgan fingerprint density at radius 1 is 0.952 bits per heavy atom. The summed E-state index contributed by atoms with van der Waals surface area (Å²) >= 11 is 0. The second kappa shape index (κ2) is 3.84. The summed E-state index contributed by atoms with van der Waals surface area (Å²) in [5.74, 6) is 3.87. The van der Waals surface area contributed by atoms with Gasteiger partial charge in [-0.1, -0.05) is 5.16 Å². The SMILES string of the molecule is Nc1nonc1-c1noc(C23CC4CC(CC(C4)C2)C3)n1. The van der Waals surface area contributed by atoms with Crippen LogP contribution in [0.2, 0.25) is 0 Å². The fourth-order valence-electron chi connectivity index (χ4n) is 5.26. The van der Waals surface area contributed by atoms with Crippen LogP contribution in [0, 0.1) is 17.8 Å². The number of aromatic nitrogens is 4. The summed E-state index contributed by atoms with van der Waals surface area (Å²) in [5, 5.41) is 11.4. The van der Waals surface area contributed by atoms with Crippen LogP contribution in [0.15, 0.2) is 9.15 Å². The first-order chi connectivity index (χ1) is 10.2. The zero-order valence-electron chi connectivity index (χ0n) is 11.7. The van der Waals surface area contributed by atoms with Crippen LogP contribution in [-0.4, -0.2) is 20.5 Å². The van der Waals surface area contributed by atoms with E-state index in [1.54, 1.807) is 0 Å². The molecule has 2 aromatic rings. The Kier molecular flexibility index (Phi) is 2.14. The highest BCUT2D eigenvalue weighted by Crippen LogP contribution is 2.60. The Balaban J connectivity index is 1.54. The van der Waals surface area contributed by atoms with Crippen molar-refractivity contribution in [3.8, 4) is 11.5 Å². The molecule has 4 bridgehead atoms. The molecule has 0 amide bonds. The first-order valence-corrected chi connectivity index (χ1v) is 7.64. The Bertz CT molecular complexity index is 656. The van der Waals surface area contributed by atoms with Gasteiger partial charge in [-0.15, -0.1) is 0 Å². The summed E-state index contributed by atoms with van der Waals surface area (Å²) in [4.78, 5) is 4.58. The van der Waals surface area contributed by atoms with Gasteiger partial charge in [0.1, 0.15) is 0 Å². The van der Waals surface area contributed by atoms with E-state index in [1.807, 2.05) is 0 Å². The van der Waals surface area contributed by atoms with Gasteiger partial charge in [-0.2, -0.15) is 4.98 Å². The minimum atomic E-state index is 0.0892. The second-order valence-corrected chi connectivity index (χ2v) is 7.12. The summed E-state index contributed by atoms with van der Waals surface area (Å²) in [6, 6.07) is 0. The molecule has 0 saturated heterocycles. The molecule has 110 valence electrons. The molecule has 4 aliphatic carbocycles. The number of hydrogen-bond acceptors (Lipinski definition) is 7.